The number of carbonyl (C=O) groups is 2. The SMILES string of the molecule is CCCCCCCCOC(=O)CCNC(=O)OCCOC. The molecule has 6 nitrogen and oxygen atoms in total. The van der Waals surface area contributed by atoms with E-state index in [0.29, 0.717) is 13.2 Å². The molecule has 0 rings (SSSR count). The average molecular weight is 303 g/mol. The molecule has 0 aromatic carbocycles. The predicted molar refractivity (Wildman–Crippen MR) is 80.2 cm³/mol. The minimum absolute atomic E-state index is 0.162. The van der Waals surface area contributed by atoms with Gasteiger partial charge in [0.1, 0.15) is 6.61 Å². The second-order valence-electron chi connectivity index (χ2n) is 4.79. The van der Waals surface area contributed by atoms with E-state index in [4.69, 9.17) is 14.2 Å². The van der Waals surface area contributed by atoms with Crippen molar-refractivity contribution in [2.75, 3.05) is 33.5 Å². The van der Waals surface area contributed by atoms with Gasteiger partial charge in [-0.3, -0.25) is 4.79 Å². The number of nitrogens with one attached hydrogen (secondary N) is 1. The van der Waals surface area contributed by atoms with Crippen molar-refractivity contribution in [2.45, 2.75) is 51.9 Å². The fourth-order valence-corrected chi connectivity index (χ4v) is 1.68. The molecule has 124 valence electrons. The van der Waals surface area contributed by atoms with Crippen LogP contribution < -0.4 is 5.32 Å². The van der Waals surface area contributed by atoms with Crippen LogP contribution in [-0.2, 0) is 19.0 Å². The highest BCUT2D eigenvalue weighted by Crippen LogP contribution is 2.05. The zero-order valence-corrected chi connectivity index (χ0v) is 13.3. The average Bonchev–Trinajstić information content (AvgIpc) is 2.46. The lowest BCUT2D eigenvalue weighted by Crippen LogP contribution is -2.28. The minimum atomic E-state index is -0.546. The van der Waals surface area contributed by atoms with Crippen LogP contribution in [0.25, 0.3) is 0 Å². The molecule has 21 heavy (non-hydrogen) atoms. The number of carbonyl (C=O) groups excluding carboxylic acids is 2. The molecule has 0 saturated carbocycles. The number of unbranched alkanes of at least 4 members (excludes halogenated alkanes) is 5. The maximum atomic E-state index is 11.4. The molecule has 0 aliphatic rings. The summed E-state index contributed by atoms with van der Waals surface area (Å²) in [6, 6.07) is 0. The molecule has 0 aromatic heterocycles. The number of alkyl carbamates (subject to hydrolysis) is 1. The topological polar surface area (TPSA) is 73.9 Å². The predicted octanol–water partition coefficient (Wildman–Crippen LogP) is 2.65. The summed E-state index contributed by atoms with van der Waals surface area (Å²) in [5.74, 6) is -0.291. The first-order valence-electron chi connectivity index (χ1n) is 7.75. The summed E-state index contributed by atoms with van der Waals surface area (Å²) < 4.78 is 14.6. The van der Waals surface area contributed by atoms with E-state index in [-0.39, 0.29) is 25.5 Å². The maximum absolute atomic E-state index is 11.4. The number of methoxy groups -OCH3 is 1. The highest BCUT2D eigenvalue weighted by atomic mass is 16.6. The number of rotatable bonds is 13. The molecule has 0 heterocycles. The van der Waals surface area contributed by atoms with E-state index >= 15 is 0 Å². The van der Waals surface area contributed by atoms with E-state index in [2.05, 4.69) is 12.2 Å². The molecule has 0 radical (unpaired) electrons. The van der Waals surface area contributed by atoms with E-state index in [1.165, 1.54) is 32.8 Å². The molecule has 0 saturated heterocycles. The quantitative estimate of drug-likeness (QED) is 0.418. The first-order chi connectivity index (χ1) is 10.2. The van der Waals surface area contributed by atoms with Crippen LogP contribution in [0.15, 0.2) is 0 Å². The molecule has 0 bridgehead atoms. The van der Waals surface area contributed by atoms with Crippen molar-refractivity contribution >= 4 is 12.1 Å². The van der Waals surface area contributed by atoms with E-state index in [0.717, 1.165) is 12.8 Å². The Morgan fingerprint density at radius 1 is 0.905 bits per heavy atom. The van der Waals surface area contributed by atoms with Crippen LogP contribution in [-0.4, -0.2) is 45.5 Å². The molecule has 0 aliphatic carbocycles. The van der Waals surface area contributed by atoms with Crippen LogP contribution in [0.4, 0.5) is 4.79 Å². The van der Waals surface area contributed by atoms with Gasteiger partial charge in [0.15, 0.2) is 0 Å². The summed E-state index contributed by atoms with van der Waals surface area (Å²) in [6.07, 6.45) is 6.56. The molecule has 0 fully saturated rings. The van der Waals surface area contributed by atoms with Gasteiger partial charge in [-0.2, -0.15) is 0 Å². The largest absolute Gasteiger partial charge is 0.466 e. The number of hydrogen-bond acceptors (Lipinski definition) is 5. The van der Waals surface area contributed by atoms with Crippen molar-refractivity contribution in [1.82, 2.24) is 5.32 Å². The zero-order valence-electron chi connectivity index (χ0n) is 13.3. The summed E-state index contributed by atoms with van der Waals surface area (Å²) in [4.78, 5) is 22.5. The normalized spacial score (nSPS) is 10.2. The third-order valence-electron chi connectivity index (χ3n) is 2.88. The summed E-state index contributed by atoms with van der Waals surface area (Å²) in [5.41, 5.74) is 0. The van der Waals surface area contributed by atoms with Crippen molar-refractivity contribution in [3.8, 4) is 0 Å². The lowest BCUT2D eigenvalue weighted by molar-refractivity contribution is -0.143. The Labute approximate surface area is 127 Å². The Bertz CT molecular complexity index is 271. The Balaban J connectivity index is 3.32. The first kappa shape index (κ1) is 19.7. The molecule has 0 atom stereocenters. The summed E-state index contributed by atoms with van der Waals surface area (Å²) in [7, 11) is 1.53. The molecule has 6 heteroatoms. The van der Waals surface area contributed by atoms with Gasteiger partial charge in [-0.05, 0) is 6.42 Å². The molecule has 0 unspecified atom stereocenters. The smallest absolute Gasteiger partial charge is 0.407 e. The molecule has 1 N–H and O–H groups in total. The Kier molecular flexibility index (Phi) is 14.2. The fraction of sp³-hybridized carbons (Fsp3) is 0.867. The monoisotopic (exact) mass is 303 g/mol. The van der Waals surface area contributed by atoms with Crippen LogP contribution in [0.3, 0.4) is 0 Å². The molecule has 0 aliphatic heterocycles. The van der Waals surface area contributed by atoms with Gasteiger partial charge in [0.25, 0.3) is 0 Å². The van der Waals surface area contributed by atoms with Crippen LogP contribution in [0, 0.1) is 0 Å². The van der Waals surface area contributed by atoms with Crippen molar-refractivity contribution in [3.63, 3.8) is 0 Å². The van der Waals surface area contributed by atoms with Crippen LogP contribution >= 0.6 is 0 Å². The van der Waals surface area contributed by atoms with Gasteiger partial charge in [0.2, 0.25) is 0 Å². The van der Waals surface area contributed by atoms with Gasteiger partial charge in [0.05, 0.1) is 19.6 Å². The lowest BCUT2D eigenvalue weighted by atomic mass is 10.1. The lowest BCUT2D eigenvalue weighted by Gasteiger charge is -2.07. The van der Waals surface area contributed by atoms with Crippen molar-refractivity contribution in [1.29, 1.82) is 0 Å². The zero-order chi connectivity index (χ0) is 15.8. The van der Waals surface area contributed by atoms with E-state index in [1.807, 2.05) is 0 Å². The minimum Gasteiger partial charge on any atom is -0.466 e. The number of hydrogen-bond donors (Lipinski definition) is 1. The first-order valence-corrected chi connectivity index (χ1v) is 7.75. The summed E-state index contributed by atoms with van der Waals surface area (Å²) in [6.45, 7) is 3.42. The fourth-order valence-electron chi connectivity index (χ4n) is 1.68. The third kappa shape index (κ3) is 14.9. The Morgan fingerprint density at radius 2 is 1.62 bits per heavy atom. The second kappa shape index (κ2) is 15.1. The van der Waals surface area contributed by atoms with E-state index in [1.54, 1.807) is 0 Å². The van der Waals surface area contributed by atoms with Crippen LogP contribution in [0.5, 0.6) is 0 Å². The number of ether oxygens (including phenoxy) is 3. The van der Waals surface area contributed by atoms with Gasteiger partial charge < -0.3 is 19.5 Å². The van der Waals surface area contributed by atoms with Gasteiger partial charge >= 0.3 is 12.1 Å². The van der Waals surface area contributed by atoms with Gasteiger partial charge in [-0.15, -0.1) is 0 Å². The standard InChI is InChI=1S/C15H29NO5/c1-3-4-5-6-7-8-11-20-14(17)9-10-16-15(18)21-13-12-19-2/h3-13H2,1-2H3,(H,16,18). The molecule has 0 spiro atoms. The Morgan fingerprint density at radius 3 is 2.33 bits per heavy atom. The van der Waals surface area contributed by atoms with Gasteiger partial charge in [-0.25, -0.2) is 4.79 Å². The third-order valence-corrected chi connectivity index (χ3v) is 2.88. The summed E-state index contributed by atoms with van der Waals surface area (Å²) >= 11 is 0. The van der Waals surface area contributed by atoms with Gasteiger partial charge in [-0.1, -0.05) is 39.0 Å². The molecular weight excluding hydrogens is 274 g/mol. The van der Waals surface area contributed by atoms with Gasteiger partial charge in [0, 0.05) is 13.7 Å². The molecule has 0 aromatic rings. The maximum Gasteiger partial charge on any atom is 0.407 e. The summed E-state index contributed by atoms with van der Waals surface area (Å²) in [5, 5.41) is 2.48. The highest BCUT2D eigenvalue weighted by molar-refractivity contribution is 5.71. The number of amides is 1. The Hall–Kier alpha value is -1.30. The van der Waals surface area contributed by atoms with Crippen molar-refractivity contribution in [2.24, 2.45) is 0 Å². The van der Waals surface area contributed by atoms with Crippen LogP contribution in [0.2, 0.25) is 0 Å². The van der Waals surface area contributed by atoms with Crippen LogP contribution in [0.1, 0.15) is 51.9 Å². The van der Waals surface area contributed by atoms with E-state index < -0.39 is 6.09 Å². The number of esters is 1. The van der Waals surface area contributed by atoms with Crippen molar-refractivity contribution in [3.05, 3.63) is 0 Å². The molecule has 1 amide bonds. The highest BCUT2D eigenvalue weighted by Gasteiger charge is 2.05. The van der Waals surface area contributed by atoms with E-state index in [9.17, 15) is 9.59 Å². The second-order valence-corrected chi connectivity index (χ2v) is 4.79. The molecular formula is C15H29NO5. The van der Waals surface area contributed by atoms with Crippen molar-refractivity contribution < 1.29 is 23.8 Å².